The van der Waals surface area contributed by atoms with E-state index in [0.29, 0.717) is 24.6 Å². The van der Waals surface area contributed by atoms with Crippen LogP contribution in [0.25, 0.3) is 0 Å². The Morgan fingerprint density at radius 1 is 1.23 bits per heavy atom. The summed E-state index contributed by atoms with van der Waals surface area (Å²) in [4.78, 5) is 10.3. The topological polar surface area (TPSA) is 73.6 Å². The lowest BCUT2D eigenvalue weighted by atomic mass is 10.2. The highest BCUT2D eigenvalue weighted by molar-refractivity contribution is 9.10. The first-order valence-corrected chi connectivity index (χ1v) is 8.05. The predicted octanol–water partition coefficient (Wildman–Crippen LogP) is 3.73. The van der Waals surface area contributed by atoms with E-state index in [2.05, 4.69) is 21.2 Å². The standard InChI is InChI=1S/C14H15BrN2O4S/c1-20-12-4-10(11(15)5-13(12)21-2)7-16-6-9-3-14(17(18)19)22-8-9/h3-5,8,16H,6-7H2,1-2H3. The first-order valence-electron chi connectivity index (χ1n) is 6.38. The van der Waals surface area contributed by atoms with Crippen LogP contribution in [0.5, 0.6) is 11.5 Å². The minimum Gasteiger partial charge on any atom is -0.493 e. The molecular weight excluding hydrogens is 372 g/mol. The van der Waals surface area contributed by atoms with Gasteiger partial charge in [0.05, 0.1) is 19.1 Å². The van der Waals surface area contributed by atoms with Gasteiger partial charge in [0, 0.05) is 29.0 Å². The highest BCUT2D eigenvalue weighted by atomic mass is 79.9. The molecule has 0 aliphatic rings. The van der Waals surface area contributed by atoms with Crippen molar-refractivity contribution < 1.29 is 14.4 Å². The molecule has 8 heteroatoms. The highest BCUT2D eigenvalue weighted by Crippen LogP contribution is 2.33. The lowest BCUT2D eigenvalue weighted by Gasteiger charge is -2.12. The molecule has 0 spiro atoms. The van der Waals surface area contributed by atoms with Crippen LogP contribution in [0.4, 0.5) is 5.00 Å². The van der Waals surface area contributed by atoms with Gasteiger partial charge in [-0.2, -0.15) is 0 Å². The molecule has 6 nitrogen and oxygen atoms in total. The van der Waals surface area contributed by atoms with Gasteiger partial charge >= 0.3 is 5.00 Å². The van der Waals surface area contributed by atoms with Gasteiger partial charge in [0.15, 0.2) is 11.5 Å². The van der Waals surface area contributed by atoms with Crippen LogP contribution in [-0.4, -0.2) is 19.1 Å². The monoisotopic (exact) mass is 386 g/mol. The van der Waals surface area contributed by atoms with Crippen molar-refractivity contribution in [3.8, 4) is 11.5 Å². The Morgan fingerprint density at radius 2 is 1.91 bits per heavy atom. The van der Waals surface area contributed by atoms with Crippen molar-refractivity contribution in [3.05, 3.63) is 49.3 Å². The molecule has 1 N–H and O–H groups in total. The summed E-state index contributed by atoms with van der Waals surface area (Å²) in [7, 11) is 3.18. The molecule has 22 heavy (non-hydrogen) atoms. The summed E-state index contributed by atoms with van der Waals surface area (Å²) >= 11 is 4.63. The van der Waals surface area contributed by atoms with E-state index in [1.54, 1.807) is 25.7 Å². The van der Waals surface area contributed by atoms with Crippen LogP contribution in [0.3, 0.4) is 0 Å². The van der Waals surface area contributed by atoms with Gasteiger partial charge in [0.1, 0.15) is 0 Å². The molecule has 0 fully saturated rings. The van der Waals surface area contributed by atoms with E-state index in [0.717, 1.165) is 26.9 Å². The number of ether oxygens (including phenoxy) is 2. The number of hydrogen-bond donors (Lipinski definition) is 1. The van der Waals surface area contributed by atoms with Crippen molar-refractivity contribution in [3.63, 3.8) is 0 Å². The van der Waals surface area contributed by atoms with E-state index < -0.39 is 0 Å². The number of thiophene rings is 1. The molecule has 0 saturated carbocycles. The van der Waals surface area contributed by atoms with Crippen molar-refractivity contribution in [1.82, 2.24) is 5.32 Å². The lowest BCUT2D eigenvalue weighted by molar-refractivity contribution is -0.380. The summed E-state index contributed by atoms with van der Waals surface area (Å²) in [5.74, 6) is 1.32. The maximum absolute atomic E-state index is 10.6. The van der Waals surface area contributed by atoms with Crippen molar-refractivity contribution >= 4 is 32.3 Å². The lowest BCUT2D eigenvalue weighted by Crippen LogP contribution is -2.12. The minimum atomic E-state index is -0.376. The molecule has 1 aromatic heterocycles. The number of nitrogens with zero attached hydrogens (tertiary/aromatic N) is 1. The van der Waals surface area contributed by atoms with E-state index in [-0.39, 0.29) is 9.92 Å². The molecule has 0 aliphatic carbocycles. The first kappa shape index (κ1) is 16.7. The molecule has 0 radical (unpaired) electrons. The Balaban J connectivity index is 2.00. The zero-order valence-electron chi connectivity index (χ0n) is 12.1. The van der Waals surface area contributed by atoms with Crippen LogP contribution < -0.4 is 14.8 Å². The fourth-order valence-electron chi connectivity index (χ4n) is 1.92. The molecule has 0 bridgehead atoms. The highest BCUT2D eigenvalue weighted by Gasteiger charge is 2.11. The van der Waals surface area contributed by atoms with Crippen LogP contribution in [0, 0.1) is 10.1 Å². The second-order valence-corrected chi connectivity index (χ2v) is 6.20. The number of benzene rings is 1. The van der Waals surface area contributed by atoms with Gasteiger partial charge in [0.2, 0.25) is 0 Å². The van der Waals surface area contributed by atoms with Gasteiger partial charge in [-0.15, -0.1) is 0 Å². The summed E-state index contributed by atoms with van der Waals surface area (Å²) in [5.41, 5.74) is 1.91. The summed E-state index contributed by atoms with van der Waals surface area (Å²) in [6, 6.07) is 5.33. The van der Waals surface area contributed by atoms with Crippen LogP contribution in [0.1, 0.15) is 11.1 Å². The smallest absolute Gasteiger partial charge is 0.324 e. The molecular formula is C14H15BrN2O4S. The van der Waals surface area contributed by atoms with Crippen molar-refractivity contribution in [2.24, 2.45) is 0 Å². The van der Waals surface area contributed by atoms with Crippen LogP contribution >= 0.6 is 27.3 Å². The molecule has 1 aromatic carbocycles. The van der Waals surface area contributed by atoms with Crippen molar-refractivity contribution in [1.29, 1.82) is 0 Å². The van der Waals surface area contributed by atoms with Gasteiger partial charge < -0.3 is 14.8 Å². The van der Waals surface area contributed by atoms with E-state index in [4.69, 9.17) is 9.47 Å². The van der Waals surface area contributed by atoms with Gasteiger partial charge in [-0.25, -0.2) is 0 Å². The summed E-state index contributed by atoms with van der Waals surface area (Å²) in [6.45, 7) is 1.16. The van der Waals surface area contributed by atoms with E-state index in [1.165, 1.54) is 0 Å². The van der Waals surface area contributed by atoms with Gasteiger partial charge in [-0.3, -0.25) is 10.1 Å². The Bertz CT molecular complexity index is 675. The molecule has 2 aromatic rings. The largest absolute Gasteiger partial charge is 0.493 e. The zero-order valence-corrected chi connectivity index (χ0v) is 14.5. The first-order chi connectivity index (χ1) is 10.5. The minimum absolute atomic E-state index is 0.157. The normalized spacial score (nSPS) is 10.5. The summed E-state index contributed by atoms with van der Waals surface area (Å²) in [5, 5.41) is 15.8. The van der Waals surface area contributed by atoms with Crippen LogP contribution in [0.15, 0.2) is 28.1 Å². The number of rotatable bonds is 7. The molecule has 1 heterocycles. The van der Waals surface area contributed by atoms with Crippen molar-refractivity contribution in [2.75, 3.05) is 14.2 Å². The zero-order chi connectivity index (χ0) is 16.1. The Kier molecular flexibility index (Phi) is 5.76. The molecule has 0 saturated heterocycles. The van der Waals surface area contributed by atoms with Gasteiger partial charge in [-0.05, 0) is 23.3 Å². The quantitative estimate of drug-likeness (QED) is 0.579. The fourth-order valence-corrected chi connectivity index (χ4v) is 3.12. The molecule has 0 aliphatic heterocycles. The average molecular weight is 387 g/mol. The third-order valence-corrected chi connectivity index (χ3v) is 4.68. The Labute approximate surface area is 140 Å². The second kappa shape index (κ2) is 7.57. The van der Waals surface area contributed by atoms with Crippen LogP contribution in [-0.2, 0) is 13.1 Å². The fraction of sp³-hybridized carbons (Fsp3) is 0.286. The second-order valence-electron chi connectivity index (χ2n) is 4.45. The molecule has 0 atom stereocenters. The number of hydrogen-bond acceptors (Lipinski definition) is 6. The molecule has 0 amide bonds. The predicted molar refractivity (Wildman–Crippen MR) is 88.8 cm³/mol. The number of nitrogens with one attached hydrogen (secondary N) is 1. The number of halogens is 1. The SMILES string of the molecule is COc1cc(Br)c(CNCc2csc([N+](=O)[O-])c2)cc1OC. The van der Waals surface area contributed by atoms with E-state index in [9.17, 15) is 10.1 Å². The maximum atomic E-state index is 10.6. The van der Waals surface area contributed by atoms with Gasteiger partial charge in [-0.1, -0.05) is 27.3 Å². The number of methoxy groups -OCH3 is 2. The molecule has 118 valence electrons. The van der Waals surface area contributed by atoms with Crippen LogP contribution in [0.2, 0.25) is 0 Å². The average Bonchev–Trinajstić information content (AvgIpc) is 2.97. The number of nitro groups is 1. The maximum Gasteiger partial charge on any atom is 0.324 e. The Morgan fingerprint density at radius 3 is 2.50 bits per heavy atom. The summed E-state index contributed by atoms with van der Waals surface area (Å²) < 4.78 is 11.4. The van der Waals surface area contributed by atoms with Crippen molar-refractivity contribution in [2.45, 2.75) is 13.1 Å². The third kappa shape index (κ3) is 3.96. The molecule has 2 rings (SSSR count). The van der Waals surface area contributed by atoms with E-state index in [1.807, 2.05) is 12.1 Å². The van der Waals surface area contributed by atoms with Gasteiger partial charge in [0.25, 0.3) is 0 Å². The third-order valence-electron chi connectivity index (χ3n) is 3.02. The Hall–Kier alpha value is -1.64. The summed E-state index contributed by atoms with van der Waals surface area (Å²) in [6.07, 6.45) is 0. The van der Waals surface area contributed by atoms with E-state index >= 15 is 0 Å². The molecule has 0 unspecified atom stereocenters.